The maximum Gasteiger partial charge on any atom is 0.167 e. The molecule has 3 aromatic rings. The molecule has 0 bridgehead atoms. The monoisotopic (exact) mass is 434 g/mol. The van der Waals surface area contributed by atoms with E-state index in [1.54, 1.807) is 0 Å². The lowest BCUT2D eigenvalue weighted by Crippen LogP contribution is -2.27. The summed E-state index contributed by atoms with van der Waals surface area (Å²) in [6.45, 7) is 13.1. The third kappa shape index (κ3) is 4.37. The number of rotatable bonds is 4. The molecule has 1 aliphatic carbocycles. The minimum Gasteiger partial charge on any atom is -0.294 e. The summed E-state index contributed by atoms with van der Waals surface area (Å²) in [6.07, 6.45) is 0.748. The Hall–Kier alpha value is -3.19. The average molecular weight is 435 g/mol. The molecule has 1 aliphatic rings. The first-order valence-electron chi connectivity index (χ1n) is 11.8. The highest BCUT2D eigenvalue weighted by molar-refractivity contribution is 6.00. The van der Waals surface area contributed by atoms with Gasteiger partial charge in [0.15, 0.2) is 5.78 Å². The van der Waals surface area contributed by atoms with Gasteiger partial charge in [0.05, 0.1) is 0 Å². The van der Waals surface area contributed by atoms with Crippen molar-refractivity contribution in [3.05, 3.63) is 123 Å². The van der Waals surface area contributed by atoms with Gasteiger partial charge in [-0.1, -0.05) is 109 Å². The fourth-order valence-electron chi connectivity index (χ4n) is 5.48. The zero-order chi connectivity index (χ0) is 23.8. The van der Waals surface area contributed by atoms with Gasteiger partial charge in [-0.05, 0) is 62.0 Å². The van der Waals surface area contributed by atoms with Crippen LogP contribution in [-0.4, -0.2) is 5.78 Å². The molecule has 0 N–H and O–H groups in total. The molecule has 168 valence electrons. The van der Waals surface area contributed by atoms with Crippen molar-refractivity contribution in [3.8, 4) is 0 Å². The number of hydrogen-bond donors (Lipinski definition) is 0. The van der Waals surface area contributed by atoms with Crippen molar-refractivity contribution in [3.63, 3.8) is 0 Å². The van der Waals surface area contributed by atoms with Gasteiger partial charge in [-0.25, -0.2) is 0 Å². The number of benzene rings is 3. The van der Waals surface area contributed by atoms with Crippen LogP contribution in [0.4, 0.5) is 0 Å². The first-order valence-corrected chi connectivity index (χ1v) is 11.8. The average Bonchev–Trinajstić information content (AvgIpc) is 3.07. The van der Waals surface area contributed by atoms with E-state index in [0.717, 1.165) is 12.0 Å². The summed E-state index contributed by atoms with van der Waals surface area (Å²) < 4.78 is 0. The zero-order valence-corrected chi connectivity index (χ0v) is 20.7. The molecule has 4 rings (SSSR count). The lowest BCUT2D eigenvalue weighted by atomic mass is 9.74. The summed E-state index contributed by atoms with van der Waals surface area (Å²) >= 11 is 0. The molecule has 0 saturated heterocycles. The van der Waals surface area contributed by atoms with Crippen LogP contribution < -0.4 is 0 Å². The summed E-state index contributed by atoms with van der Waals surface area (Å²) in [5, 5.41) is 0. The van der Waals surface area contributed by atoms with E-state index in [9.17, 15) is 4.79 Å². The number of carbonyl (C=O) groups is 1. The number of allylic oxidation sites excluding steroid dienone is 3. The van der Waals surface area contributed by atoms with Crippen LogP contribution >= 0.6 is 0 Å². The van der Waals surface area contributed by atoms with Gasteiger partial charge in [0.2, 0.25) is 0 Å². The highest BCUT2D eigenvalue weighted by Gasteiger charge is 2.47. The molecule has 0 aliphatic heterocycles. The topological polar surface area (TPSA) is 17.1 Å². The molecule has 1 nitrogen and oxygen atoms in total. The van der Waals surface area contributed by atoms with E-state index < -0.39 is 0 Å². The zero-order valence-electron chi connectivity index (χ0n) is 20.7. The van der Waals surface area contributed by atoms with Crippen LogP contribution in [0.15, 0.2) is 95.6 Å². The summed E-state index contributed by atoms with van der Waals surface area (Å²) in [4.78, 5) is 13.7. The maximum atomic E-state index is 13.7. The Morgan fingerprint density at radius 3 is 1.67 bits per heavy atom. The number of aryl methyl sites for hydroxylation is 2. The van der Waals surface area contributed by atoms with E-state index in [0.29, 0.717) is 0 Å². The molecular formula is C32H34O. The second kappa shape index (κ2) is 8.98. The number of ketones is 1. The van der Waals surface area contributed by atoms with Crippen molar-refractivity contribution in [1.29, 1.82) is 0 Å². The predicted molar refractivity (Wildman–Crippen MR) is 139 cm³/mol. The smallest absolute Gasteiger partial charge is 0.167 e. The van der Waals surface area contributed by atoms with Crippen molar-refractivity contribution >= 4 is 11.4 Å². The first kappa shape index (κ1) is 23.0. The fraction of sp³-hybridized carbons (Fsp3) is 0.281. The Bertz CT molecular complexity index is 1170. The summed E-state index contributed by atoms with van der Waals surface area (Å²) in [5.74, 6) is 0.146. The Morgan fingerprint density at radius 2 is 1.21 bits per heavy atom. The van der Waals surface area contributed by atoms with Crippen molar-refractivity contribution in [2.75, 3.05) is 0 Å². The molecule has 3 aromatic carbocycles. The van der Waals surface area contributed by atoms with Gasteiger partial charge in [-0.3, -0.25) is 4.79 Å². The van der Waals surface area contributed by atoms with Gasteiger partial charge in [0.25, 0.3) is 0 Å². The Balaban J connectivity index is 1.96. The van der Waals surface area contributed by atoms with Crippen LogP contribution in [0.25, 0.3) is 5.57 Å². The van der Waals surface area contributed by atoms with Crippen LogP contribution in [0.1, 0.15) is 66.7 Å². The first-order chi connectivity index (χ1) is 15.7. The van der Waals surface area contributed by atoms with E-state index in [1.165, 1.54) is 44.5 Å². The molecule has 1 heteroatoms. The Labute approximate surface area is 198 Å². The van der Waals surface area contributed by atoms with Gasteiger partial charge in [-0.15, -0.1) is 0 Å². The standard InChI is InChI=1S/C32H34O/c1-21(2)30-27(20-28(32(30,5)6)31(33)26-10-8-7-9-11-26)29(24-16-12-22(3)13-17-24)25-18-14-23(4)15-19-25/h7-19,28H,20H2,1-6H3. The van der Waals surface area contributed by atoms with Crippen molar-refractivity contribution in [2.24, 2.45) is 11.3 Å². The van der Waals surface area contributed by atoms with Crippen molar-refractivity contribution in [1.82, 2.24) is 0 Å². The quantitative estimate of drug-likeness (QED) is 0.377. The SMILES string of the molecule is CC(C)=C1C(=C(c2ccc(C)cc2)c2ccc(C)cc2)CC(C(=O)c2ccccc2)C1(C)C. The third-order valence-electron chi connectivity index (χ3n) is 7.08. The molecule has 1 atom stereocenters. The van der Waals surface area contributed by atoms with Gasteiger partial charge < -0.3 is 0 Å². The molecule has 1 saturated carbocycles. The third-order valence-corrected chi connectivity index (χ3v) is 7.08. The molecule has 0 amide bonds. The van der Waals surface area contributed by atoms with E-state index in [1.807, 2.05) is 30.3 Å². The van der Waals surface area contributed by atoms with Gasteiger partial charge >= 0.3 is 0 Å². The molecular weight excluding hydrogens is 400 g/mol. The van der Waals surface area contributed by atoms with E-state index in [4.69, 9.17) is 0 Å². The van der Waals surface area contributed by atoms with Crippen LogP contribution in [0.2, 0.25) is 0 Å². The van der Waals surface area contributed by atoms with E-state index in [-0.39, 0.29) is 17.1 Å². The second-order valence-electron chi connectivity index (χ2n) is 10.2. The second-order valence-corrected chi connectivity index (χ2v) is 10.2. The fourth-order valence-corrected chi connectivity index (χ4v) is 5.48. The summed E-state index contributed by atoms with van der Waals surface area (Å²) in [7, 11) is 0. The molecule has 0 aromatic heterocycles. The minimum absolute atomic E-state index is 0.0919. The number of hydrogen-bond acceptors (Lipinski definition) is 1. The normalized spacial score (nSPS) is 17.2. The van der Waals surface area contributed by atoms with Gasteiger partial charge in [0, 0.05) is 16.9 Å². The number of carbonyl (C=O) groups excluding carboxylic acids is 1. The van der Waals surface area contributed by atoms with E-state index >= 15 is 0 Å². The Kier molecular flexibility index (Phi) is 6.26. The van der Waals surface area contributed by atoms with Crippen molar-refractivity contribution < 1.29 is 4.79 Å². The molecule has 0 spiro atoms. The van der Waals surface area contributed by atoms with Crippen LogP contribution in [0.5, 0.6) is 0 Å². The van der Waals surface area contributed by atoms with Crippen LogP contribution in [0.3, 0.4) is 0 Å². The molecule has 0 heterocycles. The van der Waals surface area contributed by atoms with Gasteiger partial charge in [0.1, 0.15) is 0 Å². The summed E-state index contributed by atoms with van der Waals surface area (Å²) in [5.41, 5.74) is 10.6. The summed E-state index contributed by atoms with van der Waals surface area (Å²) in [6, 6.07) is 27.4. The lowest BCUT2D eigenvalue weighted by molar-refractivity contribution is 0.0859. The molecule has 1 unspecified atom stereocenters. The largest absolute Gasteiger partial charge is 0.294 e. The van der Waals surface area contributed by atoms with Crippen LogP contribution in [-0.2, 0) is 0 Å². The van der Waals surface area contributed by atoms with E-state index in [2.05, 4.69) is 90.1 Å². The molecule has 1 fully saturated rings. The molecule has 33 heavy (non-hydrogen) atoms. The highest BCUT2D eigenvalue weighted by Crippen LogP contribution is 2.55. The minimum atomic E-state index is -0.248. The number of Topliss-reactive ketones (excluding diaryl/α,β-unsaturated/α-hetero) is 1. The maximum absolute atomic E-state index is 13.7. The lowest BCUT2D eigenvalue weighted by Gasteiger charge is -2.29. The highest BCUT2D eigenvalue weighted by atomic mass is 16.1. The predicted octanol–water partition coefficient (Wildman–Crippen LogP) is 8.37. The molecule has 0 radical (unpaired) electrons. The van der Waals surface area contributed by atoms with Gasteiger partial charge in [-0.2, -0.15) is 0 Å². The van der Waals surface area contributed by atoms with Crippen molar-refractivity contribution in [2.45, 2.75) is 48.0 Å². The Morgan fingerprint density at radius 1 is 0.727 bits per heavy atom. The van der Waals surface area contributed by atoms with Crippen LogP contribution in [0, 0.1) is 25.2 Å².